The summed E-state index contributed by atoms with van der Waals surface area (Å²) >= 11 is 0. The lowest BCUT2D eigenvalue weighted by Gasteiger charge is -2.16. The second-order valence-corrected chi connectivity index (χ2v) is 8.26. The molecular formula is C28H22O8. The molecule has 0 atom stereocenters. The predicted molar refractivity (Wildman–Crippen MR) is 131 cm³/mol. The lowest BCUT2D eigenvalue weighted by molar-refractivity contribution is 0.0817. The van der Waals surface area contributed by atoms with Crippen molar-refractivity contribution >= 4 is 11.6 Å². The van der Waals surface area contributed by atoms with Gasteiger partial charge in [0.1, 0.15) is 11.5 Å². The second kappa shape index (κ2) is 9.71. The van der Waals surface area contributed by atoms with Gasteiger partial charge in [0, 0.05) is 11.1 Å². The van der Waals surface area contributed by atoms with Gasteiger partial charge in [0.2, 0.25) is 11.6 Å². The molecule has 0 saturated heterocycles. The summed E-state index contributed by atoms with van der Waals surface area (Å²) in [6, 6.07) is 16.4. The van der Waals surface area contributed by atoms with Crippen LogP contribution >= 0.6 is 0 Å². The molecule has 0 saturated carbocycles. The molecule has 0 amide bonds. The maximum atomic E-state index is 13.2. The van der Waals surface area contributed by atoms with Gasteiger partial charge in [-0.05, 0) is 83.6 Å². The van der Waals surface area contributed by atoms with Crippen molar-refractivity contribution in [2.75, 3.05) is 0 Å². The van der Waals surface area contributed by atoms with Gasteiger partial charge in [-0.25, -0.2) is 0 Å². The van der Waals surface area contributed by atoms with E-state index in [1.165, 1.54) is 36.4 Å². The third-order valence-electron chi connectivity index (χ3n) is 5.76. The third kappa shape index (κ3) is 4.92. The molecule has 0 unspecified atom stereocenters. The van der Waals surface area contributed by atoms with Crippen LogP contribution in [-0.4, -0.2) is 42.2 Å². The Balaban J connectivity index is 1.82. The molecule has 0 aliphatic heterocycles. The molecule has 0 aliphatic rings. The summed E-state index contributed by atoms with van der Waals surface area (Å²) in [5.41, 5.74) is 1.23. The summed E-state index contributed by atoms with van der Waals surface area (Å²) in [6.45, 7) is 0. The molecule has 0 heterocycles. The second-order valence-electron chi connectivity index (χ2n) is 8.26. The Hall–Kier alpha value is -4.98. The first-order chi connectivity index (χ1) is 17.1. The van der Waals surface area contributed by atoms with Crippen molar-refractivity contribution in [1.82, 2.24) is 0 Å². The van der Waals surface area contributed by atoms with Crippen molar-refractivity contribution in [2.24, 2.45) is 0 Å². The summed E-state index contributed by atoms with van der Waals surface area (Å²) in [6.07, 6.45) is 0.712. The molecule has 8 heteroatoms. The zero-order chi connectivity index (χ0) is 26.0. The van der Waals surface area contributed by atoms with E-state index in [1.54, 1.807) is 18.2 Å². The fourth-order valence-corrected chi connectivity index (χ4v) is 3.96. The average Bonchev–Trinajstić information content (AvgIpc) is 2.85. The SMILES string of the molecule is O=C(C(=O)c1cc(O)c(O)cc1-c1cc(O)c(O)cc1CCc1cccc(O)c1)c1cccc(O)c1. The smallest absolute Gasteiger partial charge is 0.234 e. The third-order valence-corrected chi connectivity index (χ3v) is 5.76. The van der Waals surface area contributed by atoms with Crippen LogP contribution in [0.25, 0.3) is 11.1 Å². The zero-order valence-electron chi connectivity index (χ0n) is 18.8. The van der Waals surface area contributed by atoms with E-state index < -0.39 is 34.6 Å². The topological polar surface area (TPSA) is 156 Å². The maximum absolute atomic E-state index is 13.2. The van der Waals surface area contributed by atoms with Crippen molar-refractivity contribution in [1.29, 1.82) is 0 Å². The minimum atomic E-state index is -1.02. The monoisotopic (exact) mass is 486 g/mol. The van der Waals surface area contributed by atoms with Crippen LogP contribution in [0.15, 0.2) is 72.8 Å². The number of phenols is 6. The summed E-state index contributed by atoms with van der Waals surface area (Å²) in [7, 11) is 0. The minimum Gasteiger partial charge on any atom is -0.508 e. The molecule has 182 valence electrons. The number of benzene rings is 4. The van der Waals surface area contributed by atoms with E-state index in [2.05, 4.69) is 0 Å². The van der Waals surface area contributed by atoms with Crippen LogP contribution in [0.3, 0.4) is 0 Å². The molecular weight excluding hydrogens is 464 g/mol. The number of carbonyl (C=O) groups is 2. The van der Waals surface area contributed by atoms with E-state index in [-0.39, 0.29) is 33.8 Å². The van der Waals surface area contributed by atoms with Gasteiger partial charge in [-0.15, -0.1) is 0 Å². The number of hydrogen-bond acceptors (Lipinski definition) is 8. The largest absolute Gasteiger partial charge is 0.508 e. The van der Waals surface area contributed by atoms with E-state index in [1.807, 2.05) is 0 Å². The number of carbonyl (C=O) groups excluding carboxylic acids is 2. The van der Waals surface area contributed by atoms with Crippen LogP contribution in [-0.2, 0) is 12.8 Å². The average molecular weight is 486 g/mol. The van der Waals surface area contributed by atoms with Crippen LogP contribution in [0.2, 0.25) is 0 Å². The number of aryl methyl sites for hydroxylation is 2. The summed E-state index contributed by atoms with van der Waals surface area (Å²) in [4.78, 5) is 26.1. The van der Waals surface area contributed by atoms with Gasteiger partial charge >= 0.3 is 0 Å². The van der Waals surface area contributed by atoms with Gasteiger partial charge in [-0.1, -0.05) is 24.3 Å². The lowest BCUT2D eigenvalue weighted by atomic mass is 9.88. The van der Waals surface area contributed by atoms with Crippen LogP contribution in [0.1, 0.15) is 31.8 Å². The molecule has 0 aliphatic carbocycles. The zero-order valence-corrected chi connectivity index (χ0v) is 18.8. The number of aromatic hydroxyl groups is 6. The molecule has 6 N–H and O–H groups in total. The van der Waals surface area contributed by atoms with Gasteiger partial charge in [0.25, 0.3) is 0 Å². The van der Waals surface area contributed by atoms with Crippen LogP contribution in [0.5, 0.6) is 34.5 Å². The van der Waals surface area contributed by atoms with Crippen LogP contribution in [0, 0.1) is 0 Å². The minimum absolute atomic E-state index is 0.0463. The van der Waals surface area contributed by atoms with Crippen molar-refractivity contribution in [3.8, 4) is 45.6 Å². The Bertz CT molecular complexity index is 1490. The lowest BCUT2D eigenvalue weighted by Crippen LogP contribution is -2.15. The number of hydrogen-bond donors (Lipinski definition) is 6. The molecule has 0 bridgehead atoms. The molecule has 4 aromatic carbocycles. The first-order valence-corrected chi connectivity index (χ1v) is 10.9. The molecule has 0 spiro atoms. The normalized spacial score (nSPS) is 10.8. The first kappa shape index (κ1) is 24.2. The Kier molecular flexibility index (Phi) is 6.52. The Morgan fingerprint density at radius 3 is 1.81 bits per heavy atom. The highest BCUT2D eigenvalue weighted by molar-refractivity contribution is 6.50. The molecule has 36 heavy (non-hydrogen) atoms. The number of rotatable bonds is 7. The van der Waals surface area contributed by atoms with Crippen LogP contribution in [0.4, 0.5) is 0 Å². The predicted octanol–water partition coefficient (Wildman–Crippen LogP) is 4.44. The Morgan fingerprint density at radius 2 is 1.14 bits per heavy atom. The quantitative estimate of drug-likeness (QED) is 0.127. The highest BCUT2D eigenvalue weighted by atomic mass is 16.3. The highest BCUT2D eigenvalue weighted by Gasteiger charge is 2.25. The van der Waals surface area contributed by atoms with Gasteiger partial charge in [-0.3, -0.25) is 9.59 Å². The van der Waals surface area contributed by atoms with Crippen molar-refractivity contribution in [3.05, 3.63) is 95.1 Å². The number of Topliss-reactive ketones (excluding diaryl/α,β-unsaturated/α-hetero) is 2. The van der Waals surface area contributed by atoms with Gasteiger partial charge in [0.15, 0.2) is 23.0 Å². The summed E-state index contributed by atoms with van der Waals surface area (Å²) < 4.78 is 0. The molecule has 8 nitrogen and oxygen atoms in total. The van der Waals surface area contributed by atoms with Crippen LogP contribution < -0.4 is 0 Å². The van der Waals surface area contributed by atoms with E-state index in [0.29, 0.717) is 18.4 Å². The number of ketones is 2. The fraction of sp³-hybridized carbons (Fsp3) is 0.0714. The summed E-state index contributed by atoms with van der Waals surface area (Å²) in [5.74, 6) is -4.18. The van der Waals surface area contributed by atoms with Gasteiger partial charge in [0.05, 0.1) is 0 Å². The van der Waals surface area contributed by atoms with E-state index in [4.69, 9.17) is 0 Å². The molecule has 0 radical (unpaired) electrons. The molecule has 4 rings (SSSR count). The van der Waals surface area contributed by atoms with E-state index >= 15 is 0 Å². The van der Waals surface area contributed by atoms with Crippen molar-refractivity contribution in [3.63, 3.8) is 0 Å². The molecule has 0 aromatic heterocycles. The highest BCUT2D eigenvalue weighted by Crippen LogP contribution is 2.40. The standard InChI is InChI=1S/C28H22O8/c29-18-5-1-3-15(9-18)7-8-16-11-23(31)24(32)12-20(16)21-13-25(33)26(34)14-22(21)28(36)27(35)17-4-2-6-19(30)10-17/h1-6,9-14,29-34H,7-8H2. The molecule has 4 aromatic rings. The van der Waals surface area contributed by atoms with Gasteiger partial charge in [-0.2, -0.15) is 0 Å². The first-order valence-electron chi connectivity index (χ1n) is 10.9. The van der Waals surface area contributed by atoms with E-state index in [0.717, 1.165) is 23.8 Å². The molecule has 0 fully saturated rings. The van der Waals surface area contributed by atoms with Gasteiger partial charge < -0.3 is 30.6 Å². The summed E-state index contributed by atoms with van der Waals surface area (Å²) in [5, 5.41) is 60.0. The Morgan fingerprint density at radius 1 is 0.556 bits per heavy atom. The van der Waals surface area contributed by atoms with E-state index in [9.17, 15) is 40.2 Å². The number of phenolic OH excluding ortho intramolecular Hbond substituents is 6. The fourth-order valence-electron chi connectivity index (χ4n) is 3.96. The maximum Gasteiger partial charge on any atom is 0.234 e. The Labute approximate surface area is 205 Å². The van der Waals surface area contributed by atoms with Crippen molar-refractivity contribution < 1.29 is 40.2 Å². The van der Waals surface area contributed by atoms with Crippen molar-refractivity contribution in [2.45, 2.75) is 12.8 Å².